The predicted molar refractivity (Wildman–Crippen MR) is 139 cm³/mol. The molecule has 0 radical (unpaired) electrons. The molecule has 8 nitrogen and oxygen atoms in total. The van der Waals surface area contributed by atoms with E-state index in [0.29, 0.717) is 49.1 Å². The maximum atomic E-state index is 13.9. The maximum Gasteiger partial charge on any atom is 0.253 e. The average Bonchev–Trinajstić information content (AvgIpc) is 2.92. The summed E-state index contributed by atoms with van der Waals surface area (Å²) in [5.74, 6) is -0.951. The second-order valence-electron chi connectivity index (χ2n) is 8.45. The highest BCUT2D eigenvalue weighted by atomic mass is 19.2. The van der Waals surface area contributed by atoms with E-state index in [-0.39, 0.29) is 23.4 Å². The van der Waals surface area contributed by atoms with Crippen molar-refractivity contribution in [1.82, 2.24) is 19.9 Å². The number of hydrogen-bond donors (Lipinski definition) is 0. The number of halogens is 2. The summed E-state index contributed by atoms with van der Waals surface area (Å²) in [6, 6.07) is 6.90. The van der Waals surface area contributed by atoms with Gasteiger partial charge in [0.25, 0.3) is 5.95 Å². The molecule has 2 aromatic heterocycles. The minimum Gasteiger partial charge on any atom is -0.494 e. The van der Waals surface area contributed by atoms with Gasteiger partial charge in [0.05, 0.1) is 24.9 Å². The van der Waals surface area contributed by atoms with E-state index in [1.807, 2.05) is 36.9 Å². The zero-order chi connectivity index (χ0) is 26.5. The van der Waals surface area contributed by atoms with E-state index in [2.05, 4.69) is 21.4 Å². The van der Waals surface area contributed by atoms with E-state index in [9.17, 15) is 13.6 Å². The molecule has 1 aliphatic rings. The number of anilines is 1. The van der Waals surface area contributed by atoms with Crippen molar-refractivity contribution in [2.24, 2.45) is 0 Å². The number of fused-ring (bicyclic) bond motifs is 1. The molecule has 1 amide bonds. The van der Waals surface area contributed by atoms with Gasteiger partial charge < -0.3 is 19.3 Å². The Morgan fingerprint density at radius 3 is 2.68 bits per heavy atom. The number of carbonyl (C=O) groups excluding carboxylic acids is 1. The molecule has 0 aliphatic carbocycles. The van der Waals surface area contributed by atoms with Crippen molar-refractivity contribution in [2.75, 3.05) is 38.3 Å². The zero-order valence-corrected chi connectivity index (χ0v) is 21.1. The molecule has 0 saturated carbocycles. The van der Waals surface area contributed by atoms with Crippen molar-refractivity contribution >= 4 is 34.8 Å². The summed E-state index contributed by atoms with van der Waals surface area (Å²) in [6.45, 7) is 9.80. The second kappa shape index (κ2) is 11.3. The third kappa shape index (κ3) is 5.52. The van der Waals surface area contributed by atoms with Crippen LogP contribution < -0.4 is 14.4 Å². The number of amides is 1. The highest BCUT2D eigenvalue weighted by Gasteiger charge is 2.30. The number of rotatable bonds is 8. The molecule has 194 valence electrons. The fourth-order valence-corrected chi connectivity index (χ4v) is 4.37. The van der Waals surface area contributed by atoms with E-state index >= 15 is 0 Å². The van der Waals surface area contributed by atoms with E-state index in [1.165, 1.54) is 25.3 Å². The van der Waals surface area contributed by atoms with Crippen LogP contribution >= 0.6 is 0 Å². The Kier molecular flexibility index (Phi) is 7.95. The van der Waals surface area contributed by atoms with Crippen LogP contribution in [0.4, 0.5) is 14.6 Å². The standard InChI is InChI=1S/C27H29F2N5O3/c1-5-18-16-33(12-13-34(18)24(35)6-2)27-20-15-19(37-7-3)9-10-21(20)31-23(32-27)11-8-17-14-22(36-4)25(28)26(29)30-17/h6,8-11,14-15,18H,2,5,7,12-13,16H2,1,3-4H3/b11-8+/t18-/m0/s1. The molecule has 4 rings (SSSR count). The molecule has 0 unspecified atom stereocenters. The van der Waals surface area contributed by atoms with Crippen molar-refractivity contribution < 1.29 is 23.0 Å². The number of benzene rings is 1. The lowest BCUT2D eigenvalue weighted by Crippen LogP contribution is -2.55. The summed E-state index contributed by atoms with van der Waals surface area (Å²) in [5, 5.41) is 0.814. The third-order valence-electron chi connectivity index (χ3n) is 6.21. The lowest BCUT2D eigenvalue weighted by atomic mass is 10.1. The summed E-state index contributed by atoms with van der Waals surface area (Å²) in [4.78, 5) is 29.4. The lowest BCUT2D eigenvalue weighted by Gasteiger charge is -2.41. The van der Waals surface area contributed by atoms with Gasteiger partial charge in [-0.05, 0) is 49.8 Å². The van der Waals surface area contributed by atoms with E-state index in [0.717, 1.165) is 11.8 Å². The lowest BCUT2D eigenvalue weighted by molar-refractivity contribution is -0.128. The van der Waals surface area contributed by atoms with Crippen molar-refractivity contribution in [2.45, 2.75) is 26.3 Å². The Balaban J connectivity index is 1.75. The molecular weight excluding hydrogens is 480 g/mol. The minimum absolute atomic E-state index is 0.00260. The van der Waals surface area contributed by atoms with Gasteiger partial charge in [-0.2, -0.15) is 8.78 Å². The van der Waals surface area contributed by atoms with Crippen LogP contribution in [0.25, 0.3) is 23.1 Å². The number of ether oxygens (including phenoxy) is 2. The number of hydrogen-bond acceptors (Lipinski definition) is 7. The molecular formula is C27H29F2N5O3. The highest BCUT2D eigenvalue weighted by molar-refractivity contribution is 5.92. The molecule has 10 heteroatoms. The molecule has 1 atom stereocenters. The topological polar surface area (TPSA) is 80.7 Å². The maximum absolute atomic E-state index is 13.9. The van der Waals surface area contributed by atoms with Gasteiger partial charge in [0.2, 0.25) is 11.7 Å². The smallest absolute Gasteiger partial charge is 0.253 e. The van der Waals surface area contributed by atoms with Gasteiger partial charge >= 0.3 is 0 Å². The number of nitrogens with zero attached hydrogens (tertiary/aromatic N) is 5. The molecule has 1 aromatic carbocycles. The Bertz CT molecular complexity index is 1350. The van der Waals surface area contributed by atoms with Crippen molar-refractivity contribution in [3.05, 3.63) is 60.2 Å². The van der Waals surface area contributed by atoms with Crippen LogP contribution in [0.15, 0.2) is 36.9 Å². The van der Waals surface area contributed by atoms with Gasteiger partial charge in [0, 0.05) is 37.1 Å². The summed E-state index contributed by atoms with van der Waals surface area (Å²) >= 11 is 0. The molecule has 1 aliphatic heterocycles. The van der Waals surface area contributed by atoms with Crippen LogP contribution in [0.1, 0.15) is 31.8 Å². The number of methoxy groups -OCH3 is 1. The molecule has 37 heavy (non-hydrogen) atoms. The Labute approximate surface area is 214 Å². The van der Waals surface area contributed by atoms with Crippen LogP contribution in [0, 0.1) is 11.8 Å². The van der Waals surface area contributed by atoms with Gasteiger partial charge in [-0.3, -0.25) is 4.79 Å². The number of aromatic nitrogens is 3. The zero-order valence-electron chi connectivity index (χ0n) is 21.1. The summed E-state index contributed by atoms with van der Waals surface area (Å²) < 4.78 is 38.2. The number of carbonyl (C=O) groups is 1. The highest BCUT2D eigenvalue weighted by Crippen LogP contribution is 2.30. The summed E-state index contributed by atoms with van der Waals surface area (Å²) in [6.07, 6.45) is 5.21. The molecule has 1 saturated heterocycles. The quantitative estimate of drug-likeness (QED) is 0.327. The molecule has 3 aromatic rings. The minimum atomic E-state index is -1.25. The Hall–Kier alpha value is -4.08. The first kappa shape index (κ1) is 26.0. The van der Waals surface area contributed by atoms with Gasteiger partial charge in [-0.15, -0.1) is 0 Å². The molecule has 1 fully saturated rings. The van der Waals surface area contributed by atoms with Gasteiger partial charge in [-0.1, -0.05) is 13.5 Å². The van der Waals surface area contributed by atoms with Crippen LogP contribution in [0.5, 0.6) is 11.5 Å². The van der Waals surface area contributed by atoms with Gasteiger partial charge in [0.1, 0.15) is 11.6 Å². The van der Waals surface area contributed by atoms with Crippen LogP contribution in [0.2, 0.25) is 0 Å². The average molecular weight is 510 g/mol. The van der Waals surface area contributed by atoms with Gasteiger partial charge in [0.15, 0.2) is 11.6 Å². The van der Waals surface area contributed by atoms with E-state index < -0.39 is 11.8 Å². The molecule has 3 heterocycles. The van der Waals surface area contributed by atoms with Crippen molar-refractivity contribution in [1.29, 1.82) is 0 Å². The first-order valence-corrected chi connectivity index (χ1v) is 12.1. The third-order valence-corrected chi connectivity index (χ3v) is 6.21. The fraction of sp³-hybridized carbons (Fsp3) is 0.333. The predicted octanol–water partition coefficient (Wildman–Crippen LogP) is 4.49. The largest absolute Gasteiger partial charge is 0.494 e. The molecule has 0 bridgehead atoms. The first-order valence-electron chi connectivity index (χ1n) is 12.1. The monoisotopic (exact) mass is 509 g/mol. The van der Waals surface area contributed by atoms with Crippen LogP contribution in [-0.4, -0.2) is 65.2 Å². The van der Waals surface area contributed by atoms with Crippen molar-refractivity contribution in [3.63, 3.8) is 0 Å². The molecule has 0 N–H and O–H groups in total. The van der Waals surface area contributed by atoms with Crippen molar-refractivity contribution in [3.8, 4) is 11.5 Å². The molecule has 0 spiro atoms. The van der Waals surface area contributed by atoms with E-state index in [4.69, 9.17) is 14.5 Å². The number of pyridine rings is 1. The van der Waals surface area contributed by atoms with Crippen LogP contribution in [0.3, 0.4) is 0 Å². The SMILES string of the molecule is C=CC(=O)N1CCN(c2nc(/C=C/c3cc(OC)c(F)c(F)n3)nc3ccc(OCC)cc23)C[C@@H]1CC. The summed E-state index contributed by atoms with van der Waals surface area (Å²) in [7, 11) is 1.26. The number of piperazine rings is 1. The normalized spacial score (nSPS) is 15.9. The second-order valence-corrected chi connectivity index (χ2v) is 8.45. The Morgan fingerprint density at radius 1 is 1.16 bits per heavy atom. The summed E-state index contributed by atoms with van der Waals surface area (Å²) in [5.41, 5.74) is 0.858. The fourth-order valence-electron chi connectivity index (χ4n) is 4.37. The van der Waals surface area contributed by atoms with Crippen LogP contribution in [-0.2, 0) is 4.79 Å². The Morgan fingerprint density at radius 2 is 1.97 bits per heavy atom. The van der Waals surface area contributed by atoms with E-state index in [1.54, 1.807) is 6.08 Å². The van der Waals surface area contributed by atoms with Gasteiger partial charge in [-0.25, -0.2) is 15.0 Å². The first-order chi connectivity index (χ1) is 17.9.